The predicted molar refractivity (Wildman–Crippen MR) is 99.8 cm³/mol. The van der Waals surface area contributed by atoms with Gasteiger partial charge in [0.1, 0.15) is 18.0 Å². The van der Waals surface area contributed by atoms with E-state index in [0.717, 1.165) is 0 Å². The number of rotatable bonds is 8. The largest absolute Gasteiger partial charge is 0.465 e. The number of nitrogens with one attached hydrogen (secondary N) is 1. The summed E-state index contributed by atoms with van der Waals surface area (Å²) >= 11 is 0. The number of H-pyrrole nitrogens is 1. The van der Waals surface area contributed by atoms with Crippen molar-refractivity contribution in [2.45, 2.75) is 32.8 Å². The number of benzene rings is 1. The quantitative estimate of drug-likeness (QED) is 0.594. The molecule has 0 atom stereocenters. The summed E-state index contributed by atoms with van der Waals surface area (Å²) in [5, 5.41) is 0.529. The molecule has 0 amide bonds. The number of nitrogens with zero attached hydrogens (tertiary/aromatic N) is 1. The third kappa shape index (κ3) is 4.64. The van der Waals surface area contributed by atoms with E-state index in [2.05, 4.69) is 9.97 Å². The number of fused-ring (bicyclic) bond motifs is 1. The highest BCUT2D eigenvalue weighted by atomic mass is 16.5. The molecule has 3 rings (SSSR count). The Bertz CT molecular complexity index is 1040. The Morgan fingerprint density at radius 2 is 2.00 bits per heavy atom. The van der Waals surface area contributed by atoms with Crippen LogP contribution in [0.15, 0.2) is 45.8 Å². The van der Waals surface area contributed by atoms with Crippen molar-refractivity contribution < 1.29 is 23.5 Å². The zero-order valence-corrected chi connectivity index (χ0v) is 15.4. The van der Waals surface area contributed by atoms with Crippen molar-refractivity contribution in [2.75, 3.05) is 6.61 Å². The van der Waals surface area contributed by atoms with Crippen LogP contribution >= 0.6 is 0 Å². The van der Waals surface area contributed by atoms with E-state index in [1.165, 1.54) is 12.3 Å². The molecule has 3 aromatic rings. The number of hydrogen-bond acceptors (Lipinski definition) is 7. The molecule has 0 radical (unpaired) electrons. The summed E-state index contributed by atoms with van der Waals surface area (Å²) in [4.78, 5) is 42.9. The van der Waals surface area contributed by atoms with Gasteiger partial charge in [-0.15, -0.1) is 0 Å². The molecule has 8 nitrogen and oxygen atoms in total. The van der Waals surface area contributed by atoms with E-state index >= 15 is 0 Å². The van der Waals surface area contributed by atoms with Crippen molar-refractivity contribution in [3.63, 3.8) is 0 Å². The SMILES string of the molecule is CCOC(=O)c1ccoc1COC(=O)CCCc1nc2ccccc2c(=O)[nH]1. The fourth-order valence-electron chi connectivity index (χ4n) is 2.71. The van der Waals surface area contributed by atoms with Crippen LogP contribution in [0, 0.1) is 0 Å². The van der Waals surface area contributed by atoms with Crippen molar-refractivity contribution in [1.29, 1.82) is 0 Å². The third-order valence-electron chi connectivity index (χ3n) is 4.06. The summed E-state index contributed by atoms with van der Waals surface area (Å²) < 4.78 is 15.2. The monoisotopic (exact) mass is 384 g/mol. The van der Waals surface area contributed by atoms with Gasteiger partial charge in [-0.3, -0.25) is 9.59 Å². The Balaban J connectivity index is 1.50. The first-order valence-corrected chi connectivity index (χ1v) is 8.95. The maximum Gasteiger partial charge on any atom is 0.341 e. The maximum atomic E-state index is 12.0. The Hall–Kier alpha value is -3.42. The highest BCUT2D eigenvalue weighted by Crippen LogP contribution is 2.14. The van der Waals surface area contributed by atoms with Gasteiger partial charge >= 0.3 is 11.9 Å². The number of esters is 2. The molecule has 0 unspecified atom stereocenters. The summed E-state index contributed by atoms with van der Waals surface area (Å²) in [7, 11) is 0. The Morgan fingerprint density at radius 1 is 1.18 bits per heavy atom. The van der Waals surface area contributed by atoms with Crippen LogP contribution in [0.1, 0.15) is 41.7 Å². The lowest BCUT2D eigenvalue weighted by Crippen LogP contribution is -2.13. The van der Waals surface area contributed by atoms with Crippen molar-refractivity contribution in [1.82, 2.24) is 9.97 Å². The summed E-state index contributed by atoms with van der Waals surface area (Å²) in [5.41, 5.74) is 0.660. The Kier molecular flexibility index (Phi) is 6.21. The zero-order valence-electron chi connectivity index (χ0n) is 15.4. The molecule has 0 saturated carbocycles. The molecule has 0 spiro atoms. The number of aromatic nitrogens is 2. The van der Waals surface area contributed by atoms with Gasteiger partial charge in [0, 0.05) is 12.8 Å². The number of carbonyl (C=O) groups is 2. The molecule has 0 aliphatic heterocycles. The molecule has 2 heterocycles. The molecule has 8 heteroatoms. The molecule has 1 N–H and O–H groups in total. The molecule has 2 aromatic heterocycles. The number of ether oxygens (including phenoxy) is 2. The fourth-order valence-corrected chi connectivity index (χ4v) is 2.71. The average Bonchev–Trinajstić information content (AvgIpc) is 3.15. The fraction of sp³-hybridized carbons (Fsp3) is 0.300. The number of furan rings is 1. The minimum absolute atomic E-state index is 0.145. The second-order valence-corrected chi connectivity index (χ2v) is 6.02. The van der Waals surface area contributed by atoms with Gasteiger partial charge in [0.25, 0.3) is 5.56 Å². The van der Waals surface area contributed by atoms with Gasteiger partial charge in [-0.05, 0) is 31.5 Å². The molecule has 28 heavy (non-hydrogen) atoms. The molecular weight excluding hydrogens is 364 g/mol. The van der Waals surface area contributed by atoms with E-state index in [0.29, 0.717) is 29.6 Å². The molecule has 0 aliphatic rings. The lowest BCUT2D eigenvalue weighted by molar-refractivity contribution is -0.145. The molecule has 0 fully saturated rings. The first-order chi connectivity index (χ1) is 13.6. The van der Waals surface area contributed by atoms with Crippen molar-refractivity contribution in [3.05, 3.63) is 64.1 Å². The Morgan fingerprint density at radius 3 is 2.82 bits per heavy atom. The van der Waals surface area contributed by atoms with Gasteiger partial charge in [-0.2, -0.15) is 0 Å². The van der Waals surface area contributed by atoms with Crippen LogP contribution in [0.4, 0.5) is 0 Å². The van der Waals surface area contributed by atoms with Crippen LogP contribution in [0.25, 0.3) is 10.9 Å². The first-order valence-electron chi connectivity index (χ1n) is 8.95. The number of para-hydroxylation sites is 1. The van der Waals surface area contributed by atoms with Crippen LogP contribution < -0.4 is 5.56 Å². The first kappa shape index (κ1) is 19.3. The van der Waals surface area contributed by atoms with Gasteiger partial charge in [0.05, 0.1) is 23.8 Å². The number of aryl methyl sites for hydroxylation is 1. The molecule has 0 aliphatic carbocycles. The molecule has 1 aromatic carbocycles. The van der Waals surface area contributed by atoms with E-state index in [-0.39, 0.29) is 36.5 Å². The van der Waals surface area contributed by atoms with Crippen LogP contribution in [0.5, 0.6) is 0 Å². The van der Waals surface area contributed by atoms with Gasteiger partial charge in [-0.25, -0.2) is 9.78 Å². The van der Waals surface area contributed by atoms with Crippen LogP contribution in [-0.2, 0) is 27.3 Å². The van der Waals surface area contributed by atoms with Crippen molar-refractivity contribution in [3.8, 4) is 0 Å². The lowest BCUT2D eigenvalue weighted by Gasteiger charge is -2.06. The summed E-state index contributed by atoms with van der Waals surface area (Å²) in [6.07, 6.45) is 2.39. The number of carbonyl (C=O) groups excluding carboxylic acids is 2. The summed E-state index contributed by atoms with van der Waals surface area (Å²) in [6, 6.07) is 8.55. The molecule has 0 bridgehead atoms. The highest BCUT2D eigenvalue weighted by molar-refractivity contribution is 5.90. The molecular formula is C20H20N2O6. The van der Waals surface area contributed by atoms with Crippen molar-refractivity contribution >= 4 is 22.8 Å². The maximum absolute atomic E-state index is 12.0. The molecule has 0 saturated heterocycles. The van der Waals surface area contributed by atoms with E-state index in [4.69, 9.17) is 13.9 Å². The van der Waals surface area contributed by atoms with Crippen LogP contribution in [-0.4, -0.2) is 28.5 Å². The number of hydrogen-bond donors (Lipinski definition) is 1. The lowest BCUT2D eigenvalue weighted by atomic mass is 10.2. The zero-order chi connectivity index (χ0) is 19.9. The number of aromatic amines is 1. The standard InChI is InChI=1S/C20H20N2O6/c1-2-26-20(25)14-10-11-27-16(14)12-28-18(23)9-5-8-17-21-15-7-4-3-6-13(15)19(24)22-17/h3-4,6-7,10-11H,2,5,8-9,12H2,1H3,(H,21,22,24). The predicted octanol–water partition coefficient (Wildman–Crippen LogP) is 2.76. The van der Waals surface area contributed by atoms with E-state index < -0.39 is 11.9 Å². The van der Waals surface area contributed by atoms with Crippen molar-refractivity contribution in [2.24, 2.45) is 0 Å². The van der Waals surface area contributed by atoms with E-state index in [1.54, 1.807) is 25.1 Å². The van der Waals surface area contributed by atoms with E-state index in [1.807, 2.05) is 6.07 Å². The Labute approximate surface area is 160 Å². The second kappa shape index (κ2) is 8.98. The normalized spacial score (nSPS) is 10.8. The minimum atomic E-state index is -0.520. The molecule has 146 valence electrons. The third-order valence-corrected chi connectivity index (χ3v) is 4.06. The summed E-state index contributed by atoms with van der Waals surface area (Å²) in [5.74, 6) is -0.192. The minimum Gasteiger partial charge on any atom is -0.465 e. The van der Waals surface area contributed by atoms with Gasteiger partial charge in [0.2, 0.25) is 0 Å². The van der Waals surface area contributed by atoms with Crippen LogP contribution in [0.2, 0.25) is 0 Å². The van der Waals surface area contributed by atoms with Gasteiger partial charge < -0.3 is 18.9 Å². The van der Waals surface area contributed by atoms with Gasteiger partial charge in [-0.1, -0.05) is 12.1 Å². The highest BCUT2D eigenvalue weighted by Gasteiger charge is 2.17. The topological polar surface area (TPSA) is 111 Å². The summed E-state index contributed by atoms with van der Waals surface area (Å²) in [6.45, 7) is 1.80. The van der Waals surface area contributed by atoms with E-state index in [9.17, 15) is 14.4 Å². The second-order valence-electron chi connectivity index (χ2n) is 6.02. The average molecular weight is 384 g/mol. The smallest absolute Gasteiger partial charge is 0.341 e. The van der Waals surface area contributed by atoms with Gasteiger partial charge in [0.15, 0.2) is 5.76 Å². The van der Waals surface area contributed by atoms with Crippen LogP contribution in [0.3, 0.4) is 0 Å².